The van der Waals surface area contributed by atoms with Gasteiger partial charge in [-0.25, -0.2) is 23.4 Å². The molecule has 234 valence electrons. The van der Waals surface area contributed by atoms with Gasteiger partial charge in [-0.15, -0.1) is 11.3 Å². The number of nitrogens with one attached hydrogen (secondary N) is 1. The summed E-state index contributed by atoms with van der Waals surface area (Å²) in [5, 5.41) is 14.9. The first-order chi connectivity index (χ1) is 21.7. The van der Waals surface area contributed by atoms with Gasteiger partial charge in [-0.05, 0) is 62.2 Å². The van der Waals surface area contributed by atoms with Crippen molar-refractivity contribution in [2.75, 3.05) is 37.7 Å². The number of carbonyl (C=O) groups is 3. The molecule has 4 heterocycles. The third kappa shape index (κ3) is 5.85. The van der Waals surface area contributed by atoms with Crippen LogP contribution in [0.2, 0.25) is 0 Å². The SMILES string of the molecule is CCOC(=O)C1=C(CN2CC[C@@H]3C(=O)N(c4ccc(C(=O)O)cc4F)C[C@@H]3C2)NC(c2nccs2)=NC1c1cccc(F)c1C. The lowest BCUT2D eigenvalue weighted by Crippen LogP contribution is -2.45. The Morgan fingerprint density at radius 2 is 2.00 bits per heavy atom. The Morgan fingerprint density at radius 1 is 1.18 bits per heavy atom. The second kappa shape index (κ2) is 12.5. The number of carbonyl (C=O) groups excluding carboxylic acids is 2. The largest absolute Gasteiger partial charge is 0.478 e. The number of nitrogens with zero attached hydrogens (tertiary/aromatic N) is 4. The van der Waals surface area contributed by atoms with Crippen molar-refractivity contribution in [3.63, 3.8) is 0 Å². The average Bonchev–Trinajstić information content (AvgIpc) is 3.67. The molecule has 13 heteroatoms. The molecule has 1 amide bonds. The van der Waals surface area contributed by atoms with Crippen LogP contribution in [0.4, 0.5) is 14.5 Å². The van der Waals surface area contributed by atoms with Gasteiger partial charge in [-0.1, -0.05) is 12.1 Å². The number of hydrogen-bond acceptors (Lipinski definition) is 9. The molecule has 0 spiro atoms. The summed E-state index contributed by atoms with van der Waals surface area (Å²) in [7, 11) is 0. The molecule has 3 atom stereocenters. The third-order valence-corrected chi connectivity index (χ3v) is 9.33. The predicted octanol–water partition coefficient (Wildman–Crippen LogP) is 4.32. The maximum atomic E-state index is 14.9. The number of ether oxygens (including phenoxy) is 1. The van der Waals surface area contributed by atoms with Crippen LogP contribution in [0.3, 0.4) is 0 Å². The molecular weight excluding hydrogens is 604 g/mol. The summed E-state index contributed by atoms with van der Waals surface area (Å²) in [4.78, 5) is 50.9. The van der Waals surface area contributed by atoms with Gasteiger partial charge in [0.15, 0.2) is 10.8 Å². The lowest BCUT2D eigenvalue weighted by Gasteiger charge is -2.36. The molecular formula is C32H31F2N5O5S. The van der Waals surface area contributed by atoms with Gasteiger partial charge in [0.05, 0.1) is 23.4 Å². The van der Waals surface area contributed by atoms with Crippen molar-refractivity contribution in [1.82, 2.24) is 15.2 Å². The zero-order valence-corrected chi connectivity index (χ0v) is 25.4. The van der Waals surface area contributed by atoms with Gasteiger partial charge < -0.3 is 20.1 Å². The highest BCUT2D eigenvalue weighted by Gasteiger charge is 2.45. The van der Waals surface area contributed by atoms with Crippen LogP contribution in [0, 0.1) is 30.4 Å². The maximum Gasteiger partial charge on any atom is 0.338 e. The zero-order chi connectivity index (χ0) is 31.8. The van der Waals surface area contributed by atoms with Crippen molar-refractivity contribution in [1.29, 1.82) is 0 Å². The lowest BCUT2D eigenvalue weighted by molar-refractivity contribution is -0.139. The Morgan fingerprint density at radius 3 is 2.71 bits per heavy atom. The van der Waals surface area contributed by atoms with E-state index in [9.17, 15) is 28.3 Å². The number of likely N-dealkylation sites (tertiary alicyclic amines) is 1. The topological polar surface area (TPSA) is 124 Å². The standard InChI is InChI=1S/C32H31F2N5O5S/c1-3-44-32(43)26-24(36-28(29-35-10-12-45-29)37-27(26)20-5-4-6-22(33)17(20)2)16-38-11-9-21-19(14-38)15-39(30(21)40)25-8-7-18(31(41)42)13-23(25)34/h4-8,10,12-13,19,21,27H,3,9,11,14-16H2,1-2H3,(H,36,37)(H,41,42)/t19-,21-,27?/m0/s1. The molecule has 45 heavy (non-hydrogen) atoms. The highest BCUT2D eigenvalue weighted by molar-refractivity contribution is 7.11. The number of halogens is 2. The first-order valence-corrected chi connectivity index (χ1v) is 15.5. The lowest BCUT2D eigenvalue weighted by atomic mass is 9.87. The molecule has 2 N–H and O–H groups in total. The first-order valence-electron chi connectivity index (χ1n) is 14.6. The van der Waals surface area contributed by atoms with E-state index in [2.05, 4.69) is 15.2 Å². The van der Waals surface area contributed by atoms with Gasteiger partial charge in [-0.3, -0.25) is 14.7 Å². The predicted molar refractivity (Wildman–Crippen MR) is 163 cm³/mol. The molecule has 0 bridgehead atoms. The van der Waals surface area contributed by atoms with Crippen LogP contribution in [0.5, 0.6) is 0 Å². The Kier molecular flexibility index (Phi) is 8.47. The van der Waals surface area contributed by atoms with E-state index in [0.29, 0.717) is 53.7 Å². The number of benzene rings is 2. The second-order valence-electron chi connectivity index (χ2n) is 11.2. The zero-order valence-electron chi connectivity index (χ0n) is 24.6. The molecule has 0 radical (unpaired) electrons. The van der Waals surface area contributed by atoms with Gasteiger partial charge in [-0.2, -0.15) is 0 Å². The summed E-state index contributed by atoms with van der Waals surface area (Å²) in [5.41, 5.74) is 1.61. The van der Waals surface area contributed by atoms with E-state index in [1.807, 2.05) is 5.38 Å². The number of anilines is 1. The van der Waals surface area contributed by atoms with Crippen molar-refractivity contribution in [3.05, 3.63) is 92.6 Å². The van der Waals surface area contributed by atoms with Crippen molar-refractivity contribution >= 4 is 40.7 Å². The van der Waals surface area contributed by atoms with Crippen molar-refractivity contribution < 1.29 is 33.0 Å². The van der Waals surface area contributed by atoms with Crippen LogP contribution >= 0.6 is 11.3 Å². The van der Waals surface area contributed by atoms with Gasteiger partial charge in [0, 0.05) is 48.7 Å². The highest BCUT2D eigenvalue weighted by Crippen LogP contribution is 2.38. The minimum atomic E-state index is -1.25. The molecule has 2 aromatic carbocycles. The molecule has 0 aliphatic carbocycles. The van der Waals surface area contributed by atoms with Crippen LogP contribution in [0.25, 0.3) is 0 Å². The van der Waals surface area contributed by atoms with Crippen LogP contribution in [-0.4, -0.2) is 71.5 Å². The molecule has 3 aliphatic rings. The van der Waals surface area contributed by atoms with E-state index in [1.54, 1.807) is 32.2 Å². The van der Waals surface area contributed by atoms with Crippen LogP contribution in [-0.2, 0) is 14.3 Å². The summed E-state index contributed by atoms with van der Waals surface area (Å²) in [5.74, 6) is -3.14. The molecule has 10 nitrogen and oxygen atoms in total. The summed E-state index contributed by atoms with van der Waals surface area (Å²) >= 11 is 1.38. The fourth-order valence-electron chi connectivity index (χ4n) is 6.35. The Bertz CT molecular complexity index is 1730. The van der Waals surface area contributed by atoms with E-state index in [-0.39, 0.29) is 47.7 Å². The molecule has 2 saturated heterocycles. The van der Waals surface area contributed by atoms with Crippen LogP contribution in [0.1, 0.15) is 45.9 Å². The minimum absolute atomic E-state index is 0.0600. The van der Waals surface area contributed by atoms with Crippen LogP contribution in [0.15, 0.2) is 64.2 Å². The van der Waals surface area contributed by atoms with Gasteiger partial charge in [0.25, 0.3) is 0 Å². The number of aromatic nitrogens is 1. The third-order valence-electron chi connectivity index (χ3n) is 8.55. The summed E-state index contributed by atoms with van der Waals surface area (Å²) < 4.78 is 35.1. The molecule has 6 rings (SSSR count). The normalized spacial score (nSPS) is 21.8. The fourth-order valence-corrected chi connectivity index (χ4v) is 6.94. The first kappa shape index (κ1) is 30.5. The number of hydrogen-bond donors (Lipinski definition) is 2. The maximum absolute atomic E-state index is 14.9. The number of amidine groups is 1. The van der Waals surface area contributed by atoms with Crippen molar-refractivity contribution in [3.8, 4) is 0 Å². The van der Waals surface area contributed by atoms with E-state index in [4.69, 9.17) is 9.73 Å². The van der Waals surface area contributed by atoms with Crippen molar-refractivity contribution in [2.24, 2.45) is 16.8 Å². The van der Waals surface area contributed by atoms with E-state index >= 15 is 0 Å². The minimum Gasteiger partial charge on any atom is -0.478 e. The molecule has 2 fully saturated rings. The fraction of sp³-hybridized carbons (Fsp3) is 0.344. The van der Waals surface area contributed by atoms with Gasteiger partial charge in [0.2, 0.25) is 5.91 Å². The monoisotopic (exact) mass is 635 g/mol. The van der Waals surface area contributed by atoms with E-state index in [0.717, 1.165) is 6.07 Å². The summed E-state index contributed by atoms with van der Waals surface area (Å²) in [6.45, 7) is 5.11. The molecule has 0 saturated carbocycles. The number of carboxylic acid groups (broad SMARTS) is 1. The van der Waals surface area contributed by atoms with Gasteiger partial charge in [0.1, 0.15) is 17.7 Å². The number of amides is 1. The molecule has 3 aliphatic heterocycles. The smallest absolute Gasteiger partial charge is 0.338 e. The number of carboxylic acids is 1. The number of rotatable bonds is 8. The average molecular weight is 636 g/mol. The van der Waals surface area contributed by atoms with E-state index in [1.165, 1.54) is 34.4 Å². The number of thiazole rings is 1. The highest BCUT2D eigenvalue weighted by atomic mass is 32.1. The van der Waals surface area contributed by atoms with E-state index < -0.39 is 29.6 Å². The molecule has 3 aromatic rings. The number of aliphatic imine (C=N–C) groups is 1. The molecule has 1 unspecified atom stereocenters. The summed E-state index contributed by atoms with van der Waals surface area (Å²) in [6, 6.07) is 7.42. The summed E-state index contributed by atoms with van der Waals surface area (Å²) in [6.07, 6.45) is 2.18. The van der Waals surface area contributed by atoms with Crippen molar-refractivity contribution in [2.45, 2.75) is 26.3 Å². The quantitative estimate of drug-likeness (QED) is 0.351. The number of esters is 1. The number of fused-ring (bicyclic) bond motifs is 1. The Hall–Kier alpha value is -4.49. The number of piperidine rings is 1. The number of aromatic carboxylic acids is 1. The second-order valence-corrected chi connectivity index (χ2v) is 12.1. The Labute approximate surface area is 262 Å². The Balaban J connectivity index is 1.30. The van der Waals surface area contributed by atoms with Gasteiger partial charge >= 0.3 is 11.9 Å². The van der Waals surface area contributed by atoms with Crippen LogP contribution < -0.4 is 10.2 Å². The molecule has 1 aromatic heterocycles.